The van der Waals surface area contributed by atoms with Gasteiger partial charge in [0.2, 0.25) is 0 Å². The van der Waals surface area contributed by atoms with Gasteiger partial charge in [0.25, 0.3) is 0 Å². The van der Waals surface area contributed by atoms with E-state index in [1.807, 2.05) is 0 Å². The molecule has 3 N–H and O–H groups in total. The number of H-pyrrole nitrogens is 1. The van der Waals surface area contributed by atoms with Crippen molar-refractivity contribution in [2.45, 2.75) is 26.2 Å². The lowest BCUT2D eigenvalue weighted by Gasteiger charge is -2.10. The summed E-state index contributed by atoms with van der Waals surface area (Å²) in [6.45, 7) is 5.42. The van der Waals surface area contributed by atoms with Crippen LogP contribution in [0.5, 0.6) is 0 Å². The van der Waals surface area contributed by atoms with Crippen LogP contribution >= 0.6 is 24.0 Å². The fraction of sp³-hybridized carbons (Fsp3) is 0.500. The van der Waals surface area contributed by atoms with Crippen LogP contribution in [-0.4, -0.2) is 44.3 Å². The highest BCUT2D eigenvalue weighted by atomic mass is 127. The first-order valence-corrected chi connectivity index (χ1v) is 8.41. The fourth-order valence-electron chi connectivity index (χ4n) is 2.56. The van der Waals surface area contributed by atoms with Crippen molar-refractivity contribution in [2.24, 2.45) is 4.99 Å². The Bertz CT molecular complexity index is 612. The van der Waals surface area contributed by atoms with E-state index in [4.69, 9.17) is 4.74 Å². The third kappa shape index (κ3) is 6.68. The molecule has 0 bridgehead atoms. The van der Waals surface area contributed by atoms with Crippen molar-refractivity contribution in [3.05, 3.63) is 36.0 Å². The number of hydrogen-bond donors (Lipinski definition) is 3. The number of nitrogens with zero attached hydrogens (tertiary/aromatic N) is 1. The molecule has 134 valence electrons. The molecule has 0 aliphatic carbocycles. The maximum Gasteiger partial charge on any atom is 0.191 e. The molecule has 1 aromatic carbocycles. The molecule has 0 aliphatic rings. The number of ether oxygens (including phenoxy) is 1. The summed E-state index contributed by atoms with van der Waals surface area (Å²) in [4.78, 5) is 7.96. The molecule has 0 unspecified atom stereocenters. The number of nitrogens with one attached hydrogen (secondary N) is 3. The van der Waals surface area contributed by atoms with Gasteiger partial charge < -0.3 is 20.4 Å². The predicted octanol–water partition coefficient (Wildman–Crippen LogP) is 3.31. The Kier molecular flexibility index (Phi) is 10.5. The summed E-state index contributed by atoms with van der Waals surface area (Å²) in [6, 6.07) is 8.44. The van der Waals surface area contributed by atoms with Gasteiger partial charge in [0.05, 0.1) is 0 Å². The molecule has 0 spiro atoms. The van der Waals surface area contributed by atoms with E-state index < -0.39 is 0 Å². The molecule has 0 radical (unpaired) electrons. The van der Waals surface area contributed by atoms with Crippen LogP contribution in [0.3, 0.4) is 0 Å². The van der Waals surface area contributed by atoms with Gasteiger partial charge >= 0.3 is 0 Å². The lowest BCUT2D eigenvalue weighted by molar-refractivity contribution is 0.195. The topological polar surface area (TPSA) is 61.4 Å². The van der Waals surface area contributed by atoms with E-state index >= 15 is 0 Å². The number of aliphatic imine (C=N–C) groups is 1. The Morgan fingerprint density at radius 3 is 2.83 bits per heavy atom. The first kappa shape index (κ1) is 20.8. The number of aryl methyl sites for hydroxylation is 1. The zero-order chi connectivity index (χ0) is 16.3. The van der Waals surface area contributed by atoms with E-state index in [2.05, 4.69) is 58.0 Å². The molecule has 2 rings (SSSR count). The molecule has 2 aromatic rings. The second-order valence-corrected chi connectivity index (χ2v) is 5.50. The van der Waals surface area contributed by atoms with Crippen molar-refractivity contribution in [2.75, 3.05) is 33.4 Å². The van der Waals surface area contributed by atoms with Crippen LogP contribution in [0.1, 0.15) is 25.3 Å². The molecule has 0 atom stereocenters. The molecule has 5 nitrogen and oxygen atoms in total. The van der Waals surface area contributed by atoms with E-state index in [1.54, 1.807) is 7.11 Å². The lowest BCUT2D eigenvalue weighted by atomic mass is 10.1. The summed E-state index contributed by atoms with van der Waals surface area (Å²) in [5.41, 5.74) is 2.58. The van der Waals surface area contributed by atoms with Crippen LogP contribution in [0.25, 0.3) is 10.9 Å². The Balaban J connectivity index is 0.00000288. The van der Waals surface area contributed by atoms with Gasteiger partial charge in [-0.25, -0.2) is 0 Å². The Labute approximate surface area is 161 Å². The maximum absolute atomic E-state index is 5.06. The van der Waals surface area contributed by atoms with Crippen molar-refractivity contribution in [3.8, 4) is 0 Å². The Morgan fingerprint density at radius 1 is 1.21 bits per heavy atom. The number of rotatable bonds is 9. The Hall–Kier alpha value is -1.28. The van der Waals surface area contributed by atoms with E-state index in [1.165, 1.54) is 16.5 Å². The summed E-state index contributed by atoms with van der Waals surface area (Å²) < 4.78 is 5.06. The molecule has 0 saturated heterocycles. The van der Waals surface area contributed by atoms with Gasteiger partial charge in [-0.1, -0.05) is 18.2 Å². The quantitative estimate of drug-likeness (QED) is 0.241. The molecule has 0 aliphatic heterocycles. The number of benzene rings is 1. The van der Waals surface area contributed by atoms with Crippen LogP contribution in [0.4, 0.5) is 0 Å². The van der Waals surface area contributed by atoms with Gasteiger partial charge in [0, 0.05) is 50.5 Å². The largest absolute Gasteiger partial charge is 0.385 e. The number of fused-ring (bicyclic) bond motifs is 1. The van der Waals surface area contributed by atoms with E-state index in [-0.39, 0.29) is 24.0 Å². The highest BCUT2D eigenvalue weighted by molar-refractivity contribution is 14.0. The molecule has 24 heavy (non-hydrogen) atoms. The van der Waals surface area contributed by atoms with Crippen molar-refractivity contribution < 1.29 is 4.74 Å². The van der Waals surface area contributed by atoms with Crippen LogP contribution in [0.15, 0.2) is 35.5 Å². The average molecular weight is 444 g/mol. The minimum Gasteiger partial charge on any atom is -0.385 e. The number of para-hydroxylation sites is 1. The summed E-state index contributed by atoms with van der Waals surface area (Å²) >= 11 is 0. The summed E-state index contributed by atoms with van der Waals surface area (Å²) in [7, 11) is 1.73. The number of methoxy groups -OCH3 is 1. The molecule has 0 saturated carbocycles. The van der Waals surface area contributed by atoms with Gasteiger partial charge in [-0.05, 0) is 37.8 Å². The second kappa shape index (κ2) is 12.1. The third-order valence-corrected chi connectivity index (χ3v) is 3.71. The van der Waals surface area contributed by atoms with Crippen LogP contribution in [0.2, 0.25) is 0 Å². The van der Waals surface area contributed by atoms with Gasteiger partial charge in [-0.2, -0.15) is 0 Å². The molecule has 0 amide bonds. The maximum atomic E-state index is 5.06. The van der Waals surface area contributed by atoms with Crippen molar-refractivity contribution in [1.29, 1.82) is 0 Å². The molecule has 0 fully saturated rings. The zero-order valence-corrected chi connectivity index (χ0v) is 16.9. The van der Waals surface area contributed by atoms with Gasteiger partial charge in [0.1, 0.15) is 0 Å². The number of halogens is 1. The van der Waals surface area contributed by atoms with E-state index in [0.717, 1.165) is 51.5 Å². The van der Waals surface area contributed by atoms with Gasteiger partial charge in [-0.3, -0.25) is 4.99 Å². The zero-order valence-electron chi connectivity index (χ0n) is 14.6. The first-order valence-electron chi connectivity index (χ1n) is 8.41. The fourth-order valence-corrected chi connectivity index (χ4v) is 2.56. The molecule has 6 heteroatoms. The van der Waals surface area contributed by atoms with Crippen molar-refractivity contribution >= 4 is 40.8 Å². The number of guanidine groups is 1. The summed E-state index contributed by atoms with van der Waals surface area (Å²) in [5, 5.41) is 7.93. The van der Waals surface area contributed by atoms with Crippen molar-refractivity contribution in [1.82, 2.24) is 15.6 Å². The third-order valence-electron chi connectivity index (χ3n) is 3.71. The number of aromatic amines is 1. The first-order chi connectivity index (χ1) is 11.3. The van der Waals surface area contributed by atoms with Crippen LogP contribution in [-0.2, 0) is 11.2 Å². The minimum atomic E-state index is 0. The predicted molar refractivity (Wildman–Crippen MR) is 113 cm³/mol. The monoisotopic (exact) mass is 444 g/mol. The SMILES string of the molecule is CCNC(=NCCCc1c[nH]c2ccccc12)NCCCOC.I. The van der Waals surface area contributed by atoms with Crippen LogP contribution in [0, 0.1) is 0 Å². The molecule has 1 heterocycles. The van der Waals surface area contributed by atoms with E-state index in [9.17, 15) is 0 Å². The van der Waals surface area contributed by atoms with E-state index in [0.29, 0.717) is 0 Å². The normalized spacial score (nSPS) is 11.3. The standard InChI is InChI=1S/C18H28N4O.HI/c1-3-19-18(21-12-7-13-23-2)20-11-6-8-15-14-22-17-10-5-4-9-16(15)17;/h4-5,9-10,14,22H,3,6-8,11-13H2,1-2H3,(H2,19,20,21);1H. The Morgan fingerprint density at radius 2 is 2.04 bits per heavy atom. The number of aromatic nitrogens is 1. The highest BCUT2D eigenvalue weighted by Crippen LogP contribution is 2.18. The summed E-state index contributed by atoms with van der Waals surface area (Å²) in [5.74, 6) is 0.891. The van der Waals surface area contributed by atoms with Crippen LogP contribution < -0.4 is 10.6 Å². The number of hydrogen-bond acceptors (Lipinski definition) is 2. The van der Waals surface area contributed by atoms with Gasteiger partial charge in [-0.15, -0.1) is 24.0 Å². The smallest absolute Gasteiger partial charge is 0.191 e. The molecule has 1 aromatic heterocycles. The summed E-state index contributed by atoms with van der Waals surface area (Å²) in [6.07, 6.45) is 5.17. The average Bonchev–Trinajstić information content (AvgIpc) is 2.98. The van der Waals surface area contributed by atoms with Gasteiger partial charge in [0.15, 0.2) is 5.96 Å². The minimum absolute atomic E-state index is 0. The molecular weight excluding hydrogens is 415 g/mol. The van der Waals surface area contributed by atoms with Crippen molar-refractivity contribution in [3.63, 3.8) is 0 Å². The lowest BCUT2D eigenvalue weighted by Crippen LogP contribution is -2.38. The molecular formula is C18H29IN4O. The second-order valence-electron chi connectivity index (χ2n) is 5.50. The highest BCUT2D eigenvalue weighted by Gasteiger charge is 2.02.